The van der Waals surface area contributed by atoms with Gasteiger partial charge in [-0.25, -0.2) is 0 Å². The zero-order valence-corrected chi connectivity index (χ0v) is 18.6. The van der Waals surface area contributed by atoms with E-state index >= 15 is 0 Å². The van der Waals surface area contributed by atoms with Crippen LogP contribution in [0.5, 0.6) is 0 Å². The molecule has 3 heteroatoms. The van der Waals surface area contributed by atoms with Gasteiger partial charge in [0.15, 0.2) is 0 Å². The van der Waals surface area contributed by atoms with Crippen LogP contribution in [0.1, 0.15) is 110 Å². The first kappa shape index (κ1) is 23.7. The third kappa shape index (κ3) is 9.31. The van der Waals surface area contributed by atoms with Crippen molar-refractivity contribution in [2.45, 2.75) is 121 Å². The predicted octanol–water partition coefficient (Wildman–Crippen LogP) is 7.19. The first-order valence-corrected chi connectivity index (χ1v) is 12.3. The van der Waals surface area contributed by atoms with E-state index in [1.54, 1.807) is 6.26 Å². The number of rotatable bonds is 18. The van der Waals surface area contributed by atoms with E-state index in [0.717, 1.165) is 32.2 Å². The Hall–Kier alpha value is -0.540. The monoisotopic (exact) mass is 394 g/mol. The van der Waals surface area contributed by atoms with Gasteiger partial charge in [-0.1, -0.05) is 84.1 Å². The topological polar surface area (TPSA) is 31.0 Å². The second kappa shape index (κ2) is 14.4. The SMILES string of the molecule is C=COCCCCCCC(CCCCCCC)(OCC1CO1)C1CCCCC1. The third-order valence-electron chi connectivity index (χ3n) is 6.74. The van der Waals surface area contributed by atoms with Crippen molar-refractivity contribution in [1.29, 1.82) is 0 Å². The maximum absolute atomic E-state index is 6.78. The first-order valence-electron chi connectivity index (χ1n) is 12.3. The van der Waals surface area contributed by atoms with E-state index in [1.165, 1.54) is 96.3 Å². The molecule has 2 aliphatic rings. The molecule has 1 aliphatic heterocycles. The van der Waals surface area contributed by atoms with Crippen LogP contribution in [0.4, 0.5) is 0 Å². The molecule has 0 radical (unpaired) electrons. The van der Waals surface area contributed by atoms with Gasteiger partial charge in [-0.15, -0.1) is 0 Å². The molecule has 0 bridgehead atoms. The molecule has 3 nitrogen and oxygen atoms in total. The van der Waals surface area contributed by atoms with E-state index in [-0.39, 0.29) is 5.60 Å². The van der Waals surface area contributed by atoms with Crippen LogP contribution in [0.25, 0.3) is 0 Å². The van der Waals surface area contributed by atoms with Crippen molar-refractivity contribution < 1.29 is 14.2 Å². The molecule has 0 N–H and O–H groups in total. The summed E-state index contributed by atoms with van der Waals surface area (Å²) in [5.41, 5.74) is 0.107. The van der Waals surface area contributed by atoms with Crippen LogP contribution in [0.3, 0.4) is 0 Å². The maximum Gasteiger partial charge on any atom is 0.104 e. The van der Waals surface area contributed by atoms with Crippen LogP contribution in [0, 0.1) is 5.92 Å². The molecule has 1 heterocycles. The molecule has 28 heavy (non-hydrogen) atoms. The zero-order valence-electron chi connectivity index (χ0n) is 18.6. The summed E-state index contributed by atoms with van der Waals surface area (Å²) in [6.45, 7) is 8.44. The minimum Gasteiger partial charge on any atom is -0.502 e. The van der Waals surface area contributed by atoms with Gasteiger partial charge in [0, 0.05) is 0 Å². The molecule has 2 unspecified atom stereocenters. The minimum atomic E-state index is 0.107. The van der Waals surface area contributed by atoms with Crippen molar-refractivity contribution in [2.24, 2.45) is 5.92 Å². The molecule has 0 aromatic rings. The van der Waals surface area contributed by atoms with Gasteiger partial charge in [-0.05, 0) is 38.0 Å². The van der Waals surface area contributed by atoms with Gasteiger partial charge >= 0.3 is 0 Å². The van der Waals surface area contributed by atoms with Crippen molar-refractivity contribution in [3.8, 4) is 0 Å². The van der Waals surface area contributed by atoms with Crippen molar-refractivity contribution >= 4 is 0 Å². The van der Waals surface area contributed by atoms with E-state index in [2.05, 4.69) is 13.5 Å². The van der Waals surface area contributed by atoms with Crippen LogP contribution in [0.15, 0.2) is 12.8 Å². The van der Waals surface area contributed by atoms with Crippen molar-refractivity contribution in [1.82, 2.24) is 0 Å². The number of hydrogen-bond acceptors (Lipinski definition) is 3. The Labute approximate surface area is 174 Å². The fourth-order valence-corrected chi connectivity index (χ4v) is 4.92. The fourth-order valence-electron chi connectivity index (χ4n) is 4.92. The molecule has 0 spiro atoms. The number of epoxide rings is 1. The summed E-state index contributed by atoms with van der Waals surface area (Å²) in [5, 5.41) is 0. The van der Waals surface area contributed by atoms with Crippen LogP contribution in [-0.2, 0) is 14.2 Å². The van der Waals surface area contributed by atoms with Gasteiger partial charge in [-0.2, -0.15) is 0 Å². The summed E-state index contributed by atoms with van der Waals surface area (Å²) in [7, 11) is 0. The summed E-state index contributed by atoms with van der Waals surface area (Å²) in [5.74, 6) is 0.760. The number of hydrogen-bond donors (Lipinski definition) is 0. The Morgan fingerprint density at radius 1 is 0.929 bits per heavy atom. The van der Waals surface area contributed by atoms with E-state index in [1.807, 2.05) is 0 Å². The second-order valence-corrected chi connectivity index (χ2v) is 9.03. The third-order valence-corrected chi connectivity index (χ3v) is 6.74. The lowest BCUT2D eigenvalue weighted by Gasteiger charge is -2.43. The standard InChI is InChI=1S/C25H46O3/c1-3-5-6-7-13-18-25(28-22-24-21-27-24,23-16-11-10-12-17-23)19-14-8-9-15-20-26-4-2/h4,23-24H,2-3,5-22H2,1H3. The molecule has 0 aromatic heterocycles. The van der Waals surface area contributed by atoms with E-state index in [9.17, 15) is 0 Å². The minimum absolute atomic E-state index is 0.107. The molecule has 2 atom stereocenters. The molecule has 2 fully saturated rings. The van der Waals surface area contributed by atoms with Gasteiger partial charge in [0.2, 0.25) is 0 Å². The van der Waals surface area contributed by atoms with E-state index in [4.69, 9.17) is 14.2 Å². The van der Waals surface area contributed by atoms with Crippen molar-refractivity contribution in [3.05, 3.63) is 12.8 Å². The van der Waals surface area contributed by atoms with E-state index < -0.39 is 0 Å². The molecular weight excluding hydrogens is 348 g/mol. The molecule has 0 amide bonds. The molecule has 164 valence electrons. The Bertz CT molecular complexity index is 387. The second-order valence-electron chi connectivity index (χ2n) is 9.03. The average Bonchev–Trinajstić information content (AvgIpc) is 3.56. The Balaban J connectivity index is 1.87. The quantitative estimate of drug-likeness (QED) is 0.140. The number of unbranched alkanes of at least 4 members (excludes halogenated alkanes) is 7. The highest BCUT2D eigenvalue weighted by atomic mass is 16.6. The Kier molecular flexibility index (Phi) is 12.2. The fraction of sp³-hybridized carbons (Fsp3) is 0.920. The highest BCUT2D eigenvalue weighted by Gasteiger charge is 2.40. The van der Waals surface area contributed by atoms with Gasteiger partial charge in [0.25, 0.3) is 0 Å². The average molecular weight is 395 g/mol. The summed E-state index contributed by atoms with van der Waals surface area (Å²) >= 11 is 0. The largest absolute Gasteiger partial charge is 0.502 e. The van der Waals surface area contributed by atoms with Gasteiger partial charge in [-0.3, -0.25) is 0 Å². The van der Waals surface area contributed by atoms with Crippen molar-refractivity contribution in [3.63, 3.8) is 0 Å². The van der Waals surface area contributed by atoms with Gasteiger partial charge in [0.1, 0.15) is 6.10 Å². The lowest BCUT2D eigenvalue weighted by Crippen LogP contribution is -2.43. The molecular formula is C25H46O3. The van der Waals surface area contributed by atoms with Gasteiger partial charge in [0.05, 0.1) is 31.7 Å². The molecule has 1 aliphatic carbocycles. The molecule has 0 aromatic carbocycles. The lowest BCUT2D eigenvalue weighted by molar-refractivity contribution is -0.114. The molecule has 1 saturated carbocycles. The predicted molar refractivity (Wildman–Crippen MR) is 118 cm³/mol. The van der Waals surface area contributed by atoms with Gasteiger partial charge < -0.3 is 14.2 Å². The van der Waals surface area contributed by atoms with Crippen LogP contribution < -0.4 is 0 Å². The lowest BCUT2D eigenvalue weighted by atomic mass is 9.71. The molecule has 2 rings (SSSR count). The van der Waals surface area contributed by atoms with Crippen molar-refractivity contribution in [2.75, 3.05) is 19.8 Å². The summed E-state index contributed by atoms with van der Waals surface area (Å²) < 4.78 is 17.5. The summed E-state index contributed by atoms with van der Waals surface area (Å²) in [6.07, 6.45) is 23.1. The Morgan fingerprint density at radius 3 is 2.18 bits per heavy atom. The smallest absolute Gasteiger partial charge is 0.104 e. The summed E-state index contributed by atoms with van der Waals surface area (Å²) in [4.78, 5) is 0. The summed E-state index contributed by atoms with van der Waals surface area (Å²) in [6, 6.07) is 0. The zero-order chi connectivity index (χ0) is 19.9. The van der Waals surface area contributed by atoms with Crippen LogP contribution in [0.2, 0.25) is 0 Å². The van der Waals surface area contributed by atoms with E-state index in [0.29, 0.717) is 6.10 Å². The first-order chi connectivity index (χ1) is 13.8. The number of ether oxygens (including phenoxy) is 3. The van der Waals surface area contributed by atoms with Crippen LogP contribution >= 0.6 is 0 Å². The Morgan fingerprint density at radius 2 is 1.57 bits per heavy atom. The highest BCUT2D eigenvalue weighted by Crippen LogP contribution is 2.42. The highest BCUT2D eigenvalue weighted by molar-refractivity contribution is 4.91. The van der Waals surface area contributed by atoms with Crippen LogP contribution in [-0.4, -0.2) is 31.5 Å². The maximum atomic E-state index is 6.78. The molecule has 1 saturated heterocycles. The normalized spacial score (nSPS) is 22.0.